The molecule has 0 bridgehead atoms. The molecule has 3 rings (SSSR count). The molecule has 2 N–H and O–H groups in total. The Morgan fingerprint density at radius 2 is 1.93 bits per heavy atom. The number of benzene rings is 1. The first-order chi connectivity index (χ1) is 13.5. The molecular formula is C21H23N3O4. The van der Waals surface area contributed by atoms with E-state index in [1.807, 2.05) is 42.5 Å². The minimum Gasteiger partial charge on any atom is -0.481 e. The van der Waals surface area contributed by atoms with Gasteiger partial charge in [-0.1, -0.05) is 36.4 Å². The van der Waals surface area contributed by atoms with Crippen molar-refractivity contribution < 1.29 is 19.5 Å². The highest BCUT2D eigenvalue weighted by atomic mass is 16.4. The summed E-state index contributed by atoms with van der Waals surface area (Å²) in [5, 5.41) is 12.2. The van der Waals surface area contributed by atoms with Crippen molar-refractivity contribution in [3.05, 3.63) is 66.0 Å². The van der Waals surface area contributed by atoms with E-state index in [9.17, 15) is 19.5 Å². The molecule has 2 heterocycles. The average molecular weight is 381 g/mol. The minimum atomic E-state index is -0.955. The number of pyridine rings is 1. The first-order valence-electron chi connectivity index (χ1n) is 9.25. The van der Waals surface area contributed by atoms with Gasteiger partial charge in [-0.15, -0.1) is 0 Å². The number of amides is 2. The highest BCUT2D eigenvalue weighted by Gasteiger charge is 2.34. The molecule has 2 unspecified atom stereocenters. The lowest BCUT2D eigenvalue weighted by molar-refractivity contribution is -0.141. The van der Waals surface area contributed by atoms with E-state index in [2.05, 4.69) is 10.3 Å². The standard InChI is InChI=1S/C21H23N3O4/c25-19-11-17(13-24(19)14-18-8-4-5-9-22-18)20(26)23-12-16(21(27)28)10-15-6-2-1-3-7-15/h1-9,16-17H,10-14H2,(H,23,26)(H,27,28). The van der Waals surface area contributed by atoms with Gasteiger partial charge in [-0.25, -0.2) is 0 Å². The minimum absolute atomic E-state index is 0.0357. The Hall–Kier alpha value is -3.22. The Labute approximate surface area is 163 Å². The van der Waals surface area contributed by atoms with Gasteiger partial charge in [-0.3, -0.25) is 19.4 Å². The van der Waals surface area contributed by atoms with Crippen LogP contribution in [-0.4, -0.2) is 45.9 Å². The number of carboxylic acid groups (broad SMARTS) is 1. The van der Waals surface area contributed by atoms with Crippen LogP contribution in [0.3, 0.4) is 0 Å². The molecule has 7 nitrogen and oxygen atoms in total. The van der Waals surface area contributed by atoms with Crippen molar-refractivity contribution in [2.24, 2.45) is 11.8 Å². The zero-order valence-electron chi connectivity index (χ0n) is 15.5. The van der Waals surface area contributed by atoms with Crippen molar-refractivity contribution in [3.8, 4) is 0 Å². The second-order valence-electron chi connectivity index (χ2n) is 6.97. The molecule has 28 heavy (non-hydrogen) atoms. The number of hydrogen-bond donors (Lipinski definition) is 2. The maximum atomic E-state index is 12.5. The van der Waals surface area contributed by atoms with E-state index in [1.165, 1.54) is 0 Å². The van der Waals surface area contributed by atoms with Crippen LogP contribution in [0.15, 0.2) is 54.7 Å². The van der Waals surface area contributed by atoms with Gasteiger partial charge in [0.05, 0.1) is 24.1 Å². The van der Waals surface area contributed by atoms with Crippen LogP contribution in [-0.2, 0) is 27.3 Å². The molecule has 0 saturated carbocycles. The van der Waals surface area contributed by atoms with Gasteiger partial charge >= 0.3 is 5.97 Å². The lowest BCUT2D eigenvalue weighted by atomic mass is 9.99. The van der Waals surface area contributed by atoms with E-state index < -0.39 is 17.8 Å². The fourth-order valence-electron chi connectivity index (χ4n) is 3.30. The predicted octanol–water partition coefficient (Wildman–Crippen LogP) is 1.49. The highest BCUT2D eigenvalue weighted by molar-refractivity contribution is 5.89. The molecule has 1 saturated heterocycles. The van der Waals surface area contributed by atoms with Crippen LogP contribution in [0, 0.1) is 11.8 Å². The number of carboxylic acids is 1. The number of carbonyl (C=O) groups excluding carboxylic acids is 2. The average Bonchev–Trinajstić information content (AvgIpc) is 3.07. The van der Waals surface area contributed by atoms with Gasteiger partial charge in [-0.2, -0.15) is 0 Å². The normalized spacial score (nSPS) is 17.4. The molecule has 0 spiro atoms. The monoisotopic (exact) mass is 381 g/mol. The zero-order valence-corrected chi connectivity index (χ0v) is 15.5. The number of aromatic nitrogens is 1. The van der Waals surface area contributed by atoms with E-state index in [-0.39, 0.29) is 24.8 Å². The van der Waals surface area contributed by atoms with Crippen LogP contribution in [0.4, 0.5) is 0 Å². The molecule has 1 aromatic heterocycles. The van der Waals surface area contributed by atoms with Crippen molar-refractivity contribution in [1.82, 2.24) is 15.2 Å². The van der Waals surface area contributed by atoms with Crippen molar-refractivity contribution >= 4 is 17.8 Å². The summed E-state index contributed by atoms with van der Waals surface area (Å²) >= 11 is 0. The molecule has 146 valence electrons. The Kier molecular flexibility index (Phi) is 6.37. The van der Waals surface area contributed by atoms with Crippen molar-refractivity contribution in [2.75, 3.05) is 13.1 Å². The van der Waals surface area contributed by atoms with Gasteiger partial charge in [0, 0.05) is 25.7 Å². The second kappa shape index (κ2) is 9.12. The number of rotatable bonds is 8. The summed E-state index contributed by atoms with van der Waals surface area (Å²) in [6, 6.07) is 14.8. The van der Waals surface area contributed by atoms with Crippen molar-refractivity contribution in [1.29, 1.82) is 0 Å². The van der Waals surface area contributed by atoms with Gasteiger partial charge in [0.25, 0.3) is 0 Å². The van der Waals surface area contributed by atoms with Crippen molar-refractivity contribution in [2.45, 2.75) is 19.4 Å². The highest BCUT2D eigenvalue weighted by Crippen LogP contribution is 2.20. The Morgan fingerprint density at radius 3 is 2.61 bits per heavy atom. The SMILES string of the molecule is O=C(O)C(CNC(=O)C1CC(=O)N(Cc2ccccn2)C1)Cc1ccccc1. The van der Waals surface area contributed by atoms with Crippen LogP contribution < -0.4 is 5.32 Å². The molecule has 1 aliphatic heterocycles. The second-order valence-corrected chi connectivity index (χ2v) is 6.97. The third-order valence-corrected chi connectivity index (χ3v) is 4.86. The largest absolute Gasteiger partial charge is 0.481 e. The van der Waals surface area contributed by atoms with E-state index in [0.717, 1.165) is 11.3 Å². The Bertz CT molecular complexity index is 826. The fourth-order valence-corrected chi connectivity index (χ4v) is 3.30. The van der Waals surface area contributed by atoms with Crippen LogP contribution in [0.1, 0.15) is 17.7 Å². The molecule has 2 amide bonds. The van der Waals surface area contributed by atoms with E-state index >= 15 is 0 Å². The summed E-state index contributed by atoms with van der Waals surface area (Å²) in [6.45, 7) is 0.723. The van der Waals surface area contributed by atoms with Gasteiger partial charge < -0.3 is 15.3 Å². The third-order valence-electron chi connectivity index (χ3n) is 4.86. The van der Waals surface area contributed by atoms with Gasteiger partial charge in [0.1, 0.15) is 0 Å². The summed E-state index contributed by atoms with van der Waals surface area (Å²) in [4.78, 5) is 42.0. The van der Waals surface area contributed by atoms with E-state index in [1.54, 1.807) is 17.2 Å². The zero-order chi connectivity index (χ0) is 19.9. The molecule has 2 atom stereocenters. The first kappa shape index (κ1) is 19.5. The smallest absolute Gasteiger partial charge is 0.308 e. The summed E-state index contributed by atoms with van der Waals surface area (Å²) in [6.07, 6.45) is 2.14. The number of nitrogens with zero attached hydrogens (tertiary/aromatic N) is 2. The maximum absolute atomic E-state index is 12.5. The number of hydrogen-bond acceptors (Lipinski definition) is 4. The summed E-state index contributed by atoms with van der Waals surface area (Å²) in [5.41, 5.74) is 1.67. The molecule has 0 aliphatic carbocycles. The Morgan fingerprint density at radius 1 is 1.18 bits per heavy atom. The molecular weight excluding hydrogens is 358 g/mol. The first-order valence-corrected chi connectivity index (χ1v) is 9.25. The van der Waals surface area contributed by atoms with E-state index in [4.69, 9.17) is 0 Å². The quantitative estimate of drug-likeness (QED) is 0.722. The molecule has 1 aromatic carbocycles. The molecule has 1 aliphatic rings. The third kappa shape index (κ3) is 5.16. The van der Waals surface area contributed by atoms with Crippen LogP contribution in [0.2, 0.25) is 0 Å². The van der Waals surface area contributed by atoms with Crippen LogP contribution in [0.5, 0.6) is 0 Å². The van der Waals surface area contributed by atoms with Gasteiger partial charge in [-0.05, 0) is 24.1 Å². The summed E-state index contributed by atoms with van der Waals surface area (Å²) < 4.78 is 0. The topological polar surface area (TPSA) is 99.6 Å². The summed E-state index contributed by atoms with van der Waals surface area (Å²) in [5.74, 6) is -2.51. The van der Waals surface area contributed by atoms with Gasteiger partial charge in [0.2, 0.25) is 11.8 Å². The Balaban J connectivity index is 1.52. The number of carbonyl (C=O) groups is 3. The van der Waals surface area contributed by atoms with Crippen molar-refractivity contribution in [3.63, 3.8) is 0 Å². The lowest BCUT2D eigenvalue weighted by Gasteiger charge is -2.17. The maximum Gasteiger partial charge on any atom is 0.308 e. The van der Waals surface area contributed by atoms with Crippen LogP contribution in [0.25, 0.3) is 0 Å². The van der Waals surface area contributed by atoms with Gasteiger partial charge in [0.15, 0.2) is 0 Å². The fraction of sp³-hybridized carbons (Fsp3) is 0.333. The number of nitrogens with one attached hydrogen (secondary N) is 1. The molecule has 0 radical (unpaired) electrons. The van der Waals surface area contributed by atoms with Crippen LogP contribution >= 0.6 is 0 Å². The predicted molar refractivity (Wildman–Crippen MR) is 102 cm³/mol. The molecule has 1 fully saturated rings. The number of aliphatic carboxylic acids is 1. The molecule has 2 aromatic rings. The summed E-state index contributed by atoms with van der Waals surface area (Å²) in [7, 11) is 0. The van der Waals surface area contributed by atoms with E-state index in [0.29, 0.717) is 19.5 Å². The molecule has 7 heteroatoms. The number of likely N-dealkylation sites (tertiary alicyclic amines) is 1. The lowest BCUT2D eigenvalue weighted by Crippen LogP contribution is -2.38.